The number of rotatable bonds is 33. The van der Waals surface area contributed by atoms with E-state index in [1.807, 2.05) is 24.3 Å². The van der Waals surface area contributed by atoms with Crippen molar-refractivity contribution in [1.82, 2.24) is 5.32 Å². The van der Waals surface area contributed by atoms with E-state index in [0.29, 0.717) is 118 Å². The number of ether oxygens (including phenoxy) is 10. The Morgan fingerprint density at radius 3 is 1.49 bits per heavy atom. The molecule has 0 saturated heterocycles. The first kappa shape index (κ1) is 50.9. The number of carbonyl (C=O) groups excluding carboxylic acids is 2. The van der Waals surface area contributed by atoms with E-state index in [9.17, 15) is 22.8 Å². The molecule has 0 radical (unpaired) electrons. The monoisotopic (exact) mass is 912 g/mol. The molecule has 0 bridgehead atoms. The molecule has 0 aromatic heterocycles. The van der Waals surface area contributed by atoms with Gasteiger partial charge in [0, 0.05) is 24.8 Å². The summed E-state index contributed by atoms with van der Waals surface area (Å²) in [5.41, 5.74) is 4.65. The van der Waals surface area contributed by atoms with Gasteiger partial charge in [-0.25, -0.2) is 9.59 Å². The van der Waals surface area contributed by atoms with Crippen molar-refractivity contribution < 1.29 is 70.1 Å². The van der Waals surface area contributed by atoms with Crippen molar-refractivity contribution in [1.29, 1.82) is 0 Å². The van der Waals surface area contributed by atoms with E-state index in [4.69, 9.17) is 47.4 Å². The summed E-state index contributed by atoms with van der Waals surface area (Å²) in [6.45, 7) is 7.18. The van der Waals surface area contributed by atoms with E-state index < -0.39 is 23.8 Å². The van der Waals surface area contributed by atoms with Crippen LogP contribution in [0, 0.1) is 0 Å². The first-order chi connectivity index (χ1) is 31.8. The number of alkyl halides is 3. The molecule has 2 N–H and O–H groups in total. The number of anilines is 2. The fourth-order valence-electron chi connectivity index (χ4n) is 6.63. The van der Waals surface area contributed by atoms with Crippen molar-refractivity contribution in [3.8, 4) is 11.1 Å². The molecule has 0 fully saturated rings. The van der Waals surface area contributed by atoms with Crippen molar-refractivity contribution in [3.05, 3.63) is 119 Å². The molecule has 5 rings (SSSR count). The Balaban J connectivity index is 0.715. The zero-order valence-electron chi connectivity index (χ0n) is 36.5. The topological polar surface area (TPSA) is 151 Å². The molecule has 354 valence electrons. The second kappa shape index (κ2) is 29.4. The lowest BCUT2D eigenvalue weighted by Gasteiger charge is -2.14. The number of hydrogen-bond donors (Lipinski definition) is 2. The average molecular weight is 913 g/mol. The minimum absolute atomic E-state index is 0.00896. The highest BCUT2D eigenvalue weighted by Gasteiger charge is 2.31. The minimum atomic E-state index is -4.48. The van der Waals surface area contributed by atoms with Gasteiger partial charge < -0.3 is 58.0 Å². The molecule has 0 heterocycles. The Morgan fingerprint density at radius 2 is 0.969 bits per heavy atom. The predicted molar refractivity (Wildman–Crippen MR) is 236 cm³/mol. The van der Waals surface area contributed by atoms with Crippen molar-refractivity contribution in [2.24, 2.45) is 0 Å². The SMILES string of the molecule is O=C(NCCCOCCOCCOCCOCCOCCOCCOCCOCCOC(=O)c1ccccc1Nc1cccc(C(F)(F)F)c1)OCC1c2ccccc2-c2ccccc21. The number of para-hydroxylation sites is 1. The highest BCUT2D eigenvalue weighted by atomic mass is 19.4. The van der Waals surface area contributed by atoms with Crippen LogP contribution < -0.4 is 10.6 Å². The number of carbonyl (C=O) groups is 2. The maximum absolute atomic E-state index is 13.1. The molecule has 65 heavy (non-hydrogen) atoms. The van der Waals surface area contributed by atoms with E-state index in [2.05, 4.69) is 34.9 Å². The zero-order valence-corrected chi connectivity index (χ0v) is 36.5. The smallest absolute Gasteiger partial charge is 0.416 e. The Hall–Kier alpha value is -5.11. The quantitative estimate of drug-likeness (QED) is 0.0356. The van der Waals surface area contributed by atoms with Gasteiger partial charge in [-0.15, -0.1) is 0 Å². The van der Waals surface area contributed by atoms with Gasteiger partial charge in [-0.05, 0) is 59.0 Å². The number of esters is 1. The summed E-state index contributed by atoms with van der Waals surface area (Å²) in [6.07, 6.45) is -4.25. The maximum Gasteiger partial charge on any atom is 0.416 e. The Morgan fingerprint density at radius 1 is 0.508 bits per heavy atom. The number of alkyl carbamates (subject to hydrolysis) is 1. The highest BCUT2D eigenvalue weighted by molar-refractivity contribution is 5.96. The standard InChI is InChI=1S/C48H59F3N2O12/c49-48(50,51)37-9-7-10-38(35-37)53-45-16-6-5-15-43(45)46(54)64-34-33-63-32-31-62-30-29-61-28-27-60-26-25-59-24-23-58-22-21-57-20-19-56-18-8-17-52-47(55)65-36-44-41-13-3-1-11-39(41)40-12-2-4-14-42(40)44/h1-7,9-16,35,44,53H,8,17-34,36H2,(H,52,55). The van der Waals surface area contributed by atoms with Crippen LogP contribution in [0.5, 0.6) is 0 Å². The highest BCUT2D eigenvalue weighted by Crippen LogP contribution is 2.44. The molecule has 17 heteroatoms. The van der Waals surface area contributed by atoms with Crippen molar-refractivity contribution in [2.75, 3.05) is 131 Å². The molecule has 14 nitrogen and oxygen atoms in total. The minimum Gasteiger partial charge on any atom is -0.460 e. The Kier molecular flexibility index (Phi) is 23.0. The molecule has 0 atom stereocenters. The summed E-state index contributed by atoms with van der Waals surface area (Å²) in [4.78, 5) is 24.9. The van der Waals surface area contributed by atoms with Crippen LogP contribution in [-0.4, -0.2) is 138 Å². The number of amides is 1. The third-order valence-electron chi connectivity index (χ3n) is 9.76. The molecule has 1 aliphatic rings. The van der Waals surface area contributed by atoms with Crippen LogP contribution in [0.25, 0.3) is 11.1 Å². The van der Waals surface area contributed by atoms with Crippen LogP contribution in [0.3, 0.4) is 0 Å². The van der Waals surface area contributed by atoms with Gasteiger partial charge in [0.1, 0.15) is 13.2 Å². The van der Waals surface area contributed by atoms with E-state index in [0.717, 1.165) is 12.1 Å². The lowest BCUT2D eigenvalue weighted by Crippen LogP contribution is -2.27. The first-order valence-electron chi connectivity index (χ1n) is 21.7. The molecular weight excluding hydrogens is 854 g/mol. The average Bonchev–Trinajstić information content (AvgIpc) is 3.63. The fraction of sp³-hybridized carbons (Fsp3) is 0.458. The zero-order chi connectivity index (χ0) is 45.8. The van der Waals surface area contributed by atoms with Gasteiger partial charge in [-0.3, -0.25) is 0 Å². The Labute approximate surface area is 377 Å². The van der Waals surface area contributed by atoms with Gasteiger partial charge in [0.25, 0.3) is 0 Å². The first-order valence-corrected chi connectivity index (χ1v) is 21.7. The summed E-state index contributed by atoms with van der Waals surface area (Å²) >= 11 is 0. The van der Waals surface area contributed by atoms with Gasteiger partial charge in [-0.2, -0.15) is 13.2 Å². The fourth-order valence-corrected chi connectivity index (χ4v) is 6.63. The summed E-state index contributed by atoms with van der Waals surface area (Å²) in [5, 5.41) is 5.65. The van der Waals surface area contributed by atoms with Crippen LogP contribution in [0.4, 0.5) is 29.3 Å². The molecule has 4 aromatic rings. The van der Waals surface area contributed by atoms with Gasteiger partial charge in [0.05, 0.1) is 116 Å². The van der Waals surface area contributed by atoms with Crippen LogP contribution in [0.15, 0.2) is 97.1 Å². The third-order valence-corrected chi connectivity index (χ3v) is 9.76. The van der Waals surface area contributed by atoms with Crippen molar-refractivity contribution >= 4 is 23.4 Å². The van der Waals surface area contributed by atoms with Gasteiger partial charge in [0.2, 0.25) is 0 Å². The second-order valence-corrected chi connectivity index (χ2v) is 14.4. The second-order valence-electron chi connectivity index (χ2n) is 14.4. The molecule has 1 amide bonds. The molecule has 0 saturated carbocycles. The Bertz CT molecular complexity index is 1940. The van der Waals surface area contributed by atoms with Gasteiger partial charge in [0.15, 0.2) is 0 Å². The lowest BCUT2D eigenvalue weighted by molar-refractivity contribution is -0.137. The normalized spacial score (nSPS) is 12.2. The number of benzene rings is 4. The lowest BCUT2D eigenvalue weighted by atomic mass is 9.98. The number of fused-ring (bicyclic) bond motifs is 3. The van der Waals surface area contributed by atoms with E-state index in [1.54, 1.807) is 18.2 Å². The van der Waals surface area contributed by atoms with Crippen molar-refractivity contribution in [2.45, 2.75) is 18.5 Å². The number of hydrogen-bond acceptors (Lipinski definition) is 13. The number of halogens is 3. The van der Waals surface area contributed by atoms with Crippen LogP contribution in [0.2, 0.25) is 0 Å². The largest absolute Gasteiger partial charge is 0.460 e. The molecular formula is C48H59F3N2O12. The van der Waals surface area contributed by atoms with E-state index >= 15 is 0 Å². The van der Waals surface area contributed by atoms with Crippen LogP contribution in [-0.2, 0) is 53.5 Å². The van der Waals surface area contributed by atoms with Gasteiger partial charge >= 0.3 is 18.2 Å². The van der Waals surface area contributed by atoms with Crippen LogP contribution >= 0.6 is 0 Å². The van der Waals surface area contributed by atoms with Crippen molar-refractivity contribution in [3.63, 3.8) is 0 Å². The third kappa shape index (κ3) is 18.7. The van der Waals surface area contributed by atoms with E-state index in [1.165, 1.54) is 40.5 Å². The number of nitrogens with one attached hydrogen (secondary N) is 2. The molecule has 0 aliphatic heterocycles. The summed E-state index contributed by atoms with van der Waals surface area (Å²) in [5.74, 6) is -0.601. The van der Waals surface area contributed by atoms with Crippen LogP contribution in [0.1, 0.15) is 39.4 Å². The molecule has 4 aromatic carbocycles. The van der Waals surface area contributed by atoms with Gasteiger partial charge in [-0.1, -0.05) is 66.7 Å². The summed E-state index contributed by atoms with van der Waals surface area (Å²) in [7, 11) is 0. The summed E-state index contributed by atoms with van der Waals surface area (Å²) < 4.78 is 94.1. The molecule has 1 aliphatic carbocycles. The van der Waals surface area contributed by atoms with E-state index in [-0.39, 0.29) is 37.0 Å². The maximum atomic E-state index is 13.1. The summed E-state index contributed by atoms with van der Waals surface area (Å²) in [6, 6.07) is 27.6. The molecule has 0 unspecified atom stereocenters. The molecule has 0 spiro atoms. The predicted octanol–water partition coefficient (Wildman–Crippen LogP) is 7.67.